The molecule has 4 aromatic rings. The van der Waals surface area contributed by atoms with Crippen LogP contribution in [0.4, 0.5) is 11.5 Å². The molecule has 0 spiro atoms. The first-order valence-corrected chi connectivity index (χ1v) is 10.6. The molecular weight excluding hydrogens is 404 g/mol. The molecule has 0 bridgehead atoms. The van der Waals surface area contributed by atoms with E-state index in [1.54, 1.807) is 0 Å². The Hall–Kier alpha value is -3.45. The summed E-state index contributed by atoms with van der Waals surface area (Å²) in [6, 6.07) is 20.5. The van der Waals surface area contributed by atoms with E-state index in [-0.39, 0.29) is 0 Å². The summed E-state index contributed by atoms with van der Waals surface area (Å²) in [7, 11) is 0. The number of nitrogens with one attached hydrogen (secondary N) is 2. The minimum atomic E-state index is 0.492. The van der Waals surface area contributed by atoms with Crippen molar-refractivity contribution in [2.24, 2.45) is 0 Å². The summed E-state index contributed by atoms with van der Waals surface area (Å²) in [6.45, 7) is 7.58. The molecule has 0 atom stereocenters. The largest absolute Gasteiger partial charge is 0.329 e. The fourth-order valence-electron chi connectivity index (χ4n) is 3.53. The monoisotopic (exact) mass is 430 g/mol. The minimum absolute atomic E-state index is 0.492. The Bertz CT molecular complexity index is 1190. The smallest absolute Gasteiger partial charge is 0.176 e. The molecule has 0 saturated heterocycles. The number of hydrogen-bond donors (Lipinski definition) is 2. The molecule has 0 aliphatic carbocycles. The minimum Gasteiger partial charge on any atom is -0.329 e. The average molecular weight is 431 g/mol. The van der Waals surface area contributed by atoms with Crippen LogP contribution in [0.15, 0.2) is 66.9 Å². The van der Waals surface area contributed by atoms with E-state index in [0.717, 1.165) is 30.2 Å². The van der Waals surface area contributed by atoms with Gasteiger partial charge in [0.15, 0.2) is 10.9 Å². The molecule has 0 fully saturated rings. The van der Waals surface area contributed by atoms with Crippen molar-refractivity contribution in [1.29, 1.82) is 0 Å². The fraction of sp³-hybridized carbons (Fsp3) is 0.208. The SMILES string of the molecule is Cc1ccccc1Cn1ccc(NC(=S)Nc2c(C)nn(Cc3ccccc3)c2C)n1. The Balaban J connectivity index is 1.40. The van der Waals surface area contributed by atoms with E-state index in [1.807, 2.05) is 65.8 Å². The van der Waals surface area contributed by atoms with Gasteiger partial charge in [-0.15, -0.1) is 0 Å². The lowest BCUT2D eigenvalue weighted by Crippen LogP contribution is -2.20. The molecule has 0 aliphatic rings. The topological polar surface area (TPSA) is 59.7 Å². The Morgan fingerprint density at radius 3 is 2.39 bits per heavy atom. The Morgan fingerprint density at radius 2 is 1.61 bits per heavy atom. The number of anilines is 2. The van der Waals surface area contributed by atoms with Gasteiger partial charge in [-0.05, 0) is 49.7 Å². The zero-order valence-electron chi connectivity index (χ0n) is 18.0. The number of aromatic nitrogens is 4. The summed E-state index contributed by atoms with van der Waals surface area (Å²) >= 11 is 5.53. The van der Waals surface area contributed by atoms with Gasteiger partial charge >= 0.3 is 0 Å². The molecule has 158 valence electrons. The molecule has 2 aromatic heterocycles. The lowest BCUT2D eigenvalue weighted by Gasteiger charge is -2.10. The molecule has 2 aromatic carbocycles. The zero-order valence-corrected chi connectivity index (χ0v) is 18.8. The third kappa shape index (κ3) is 5.00. The van der Waals surface area contributed by atoms with E-state index in [2.05, 4.69) is 52.0 Å². The van der Waals surface area contributed by atoms with Crippen molar-refractivity contribution in [2.75, 3.05) is 10.6 Å². The van der Waals surface area contributed by atoms with Crippen LogP contribution in [0.1, 0.15) is 28.1 Å². The second kappa shape index (κ2) is 9.14. The molecule has 6 nitrogen and oxygen atoms in total. The van der Waals surface area contributed by atoms with Crippen LogP contribution in [-0.2, 0) is 13.1 Å². The maximum atomic E-state index is 5.53. The molecule has 0 aliphatic heterocycles. The van der Waals surface area contributed by atoms with E-state index < -0.39 is 0 Å². The number of benzene rings is 2. The number of hydrogen-bond acceptors (Lipinski definition) is 3. The molecule has 0 amide bonds. The van der Waals surface area contributed by atoms with Gasteiger partial charge in [-0.1, -0.05) is 54.6 Å². The molecule has 4 rings (SSSR count). The molecule has 0 radical (unpaired) electrons. The van der Waals surface area contributed by atoms with Gasteiger partial charge in [-0.25, -0.2) is 0 Å². The highest BCUT2D eigenvalue weighted by molar-refractivity contribution is 7.80. The van der Waals surface area contributed by atoms with Gasteiger partial charge < -0.3 is 10.6 Å². The van der Waals surface area contributed by atoms with Crippen LogP contribution >= 0.6 is 12.2 Å². The van der Waals surface area contributed by atoms with Gasteiger partial charge in [-0.2, -0.15) is 10.2 Å². The van der Waals surface area contributed by atoms with Crippen LogP contribution in [0.3, 0.4) is 0 Å². The van der Waals surface area contributed by atoms with Crippen LogP contribution < -0.4 is 10.6 Å². The van der Waals surface area contributed by atoms with E-state index in [4.69, 9.17) is 12.2 Å². The molecule has 7 heteroatoms. The summed E-state index contributed by atoms with van der Waals surface area (Å²) in [4.78, 5) is 0. The summed E-state index contributed by atoms with van der Waals surface area (Å²) in [6.07, 6.45) is 1.95. The standard InChI is InChI=1S/C24H26N6S/c1-17-9-7-8-12-21(17)16-29-14-13-22(28-29)25-24(31)26-23-18(2)27-30(19(23)3)15-20-10-5-4-6-11-20/h4-14H,15-16H2,1-3H3,(H2,25,26,28,31). The second-order valence-electron chi connectivity index (χ2n) is 7.59. The molecule has 2 heterocycles. The lowest BCUT2D eigenvalue weighted by atomic mass is 10.1. The number of thiocarbonyl (C=S) groups is 1. The van der Waals surface area contributed by atoms with Crippen molar-refractivity contribution in [2.45, 2.75) is 33.9 Å². The second-order valence-corrected chi connectivity index (χ2v) is 8.00. The third-order valence-corrected chi connectivity index (χ3v) is 5.48. The first kappa shape index (κ1) is 20.8. The van der Waals surface area contributed by atoms with Crippen LogP contribution in [0.5, 0.6) is 0 Å². The van der Waals surface area contributed by atoms with Crippen LogP contribution in [0.25, 0.3) is 0 Å². The number of rotatable bonds is 6. The van der Waals surface area contributed by atoms with Crippen molar-refractivity contribution in [3.8, 4) is 0 Å². The summed E-state index contributed by atoms with van der Waals surface area (Å²) in [5, 5.41) is 16.2. The van der Waals surface area contributed by atoms with Crippen molar-refractivity contribution < 1.29 is 0 Å². The van der Waals surface area contributed by atoms with E-state index in [9.17, 15) is 0 Å². The summed E-state index contributed by atoms with van der Waals surface area (Å²) < 4.78 is 3.90. The van der Waals surface area contributed by atoms with Crippen molar-refractivity contribution >= 4 is 28.8 Å². The number of aryl methyl sites for hydroxylation is 2. The Kier molecular flexibility index (Phi) is 6.13. The Labute approximate surface area is 187 Å². The maximum absolute atomic E-state index is 5.53. The summed E-state index contributed by atoms with van der Waals surface area (Å²) in [5.41, 5.74) is 6.57. The van der Waals surface area contributed by atoms with Crippen molar-refractivity contribution in [1.82, 2.24) is 19.6 Å². The first-order valence-electron chi connectivity index (χ1n) is 10.2. The van der Waals surface area contributed by atoms with Crippen LogP contribution in [-0.4, -0.2) is 24.7 Å². The Morgan fingerprint density at radius 1 is 0.871 bits per heavy atom. The molecule has 31 heavy (non-hydrogen) atoms. The van der Waals surface area contributed by atoms with E-state index in [1.165, 1.54) is 16.7 Å². The highest BCUT2D eigenvalue weighted by Gasteiger charge is 2.13. The third-order valence-electron chi connectivity index (χ3n) is 5.27. The maximum Gasteiger partial charge on any atom is 0.176 e. The lowest BCUT2D eigenvalue weighted by molar-refractivity contribution is 0.659. The summed E-state index contributed by atoms with van der Waals surface area (Å²) in [5.74, 6) is 0.707. The fourth-order valence-corrected chi connectivity index (χ4v) is 3.73. The quantitative estimate of drug-likeness (QED) is 0.426. The van der Waals surface area contributed by atoms with Gasteiger partial charge in [0.05, 0.1) is 30.2 Å². The van der Waals surface area contributed by atoms with E-state index in [0.29, 0.717) is 10.9 Å². The molecule has 2 N–H and O–H groups in total. The molecule has 0 saturated carbocycles. The first-order chi connectivity index (χ1) is 15.0. The van der Waals surface area contributed by atoms with Crippen LogP contribution in [0.2, 0.25) is 0 Å². The van der Waals surface area contributed by atoms with Crippen molar-refractivity contribution in [3.05, 3.63) is 94.9 Å². The van der Waals surface area contributed by atoms with Gasteiger partial charge in [0.2, 0.25) is 0 Å². The van der Waals surface area contributed by atoms with E-state index >= 15 is 0 Å². The zero-order chi connectivity index (χ0) is 21.8. The predicted molar refractivity (Wildman–Crippen MR) is 130 cm³/mol. The number of nitrogens with zero attached hydrogens (tertiary/aromatic N) is 4. The van der Waals surface area contributed by atoms with Gasteiger partial charge in [0.1, 0.15) is 0 Å². The highest BCUT2D eigenvalue weighted by Crippen LogP contribution is 2.21. The van der Waals surface area contributed by atoms with Crippen molar-refractivity contribution in [3.63, 3.8) is 0 Å². The molecular formula is C24H26N6S. The van der Waals surface area contributed by atoms with Gasteiger partial charge in [0, 0.05) is 12.3 Å². The molecule has 0 unspecified atom stereocenters. The van der Waals surface area contributed by atoms with Gasteiger partial charge in [0.25, 0.3) is 0 Å². The average Bonchev–Trinajstić information content (AvgIpc) is 3.29. The van der Waals surface area contributed by atoms with Gasteiger partial charge in [-0.3, -0.25) is 9.36 Å². The highest BCUT2D eigenvalue weighted by atomic mass is 32.1. The normalized spacial score (nSPS) is 10.8. The predicted octanol–water partition coefficient (Wildman–Crippen LogP) is 4.91. The van der Waals surface area contributed by atoms with Crippen LogP contribution in [0, 0.1) is 20.8 Å².